The average Bonchev–Trinajstić information content (AvgIpc) is 2.80. The molecule has 2 aliphatic carbocycles. The van der Waals surface area contributed by atoms with Gasteiger partial charge in [0.05, 0.1) is 0 Å². The largest absolute Gasteiger partial charge is 0.380 e. The topological polar surface area (TPSA) is 20.2 Å². The predicted molar refractivity (Wildman–Crippen MR) is 88.1 cm³/mol. The monoisotopic (exact) mass is 338 g/mol. The quantitative estimate of drug-likeness (QED) is 0.810. The maximum atomic E-state index is 11.6. The highest BCUT2D eigenvalue weighted by atomic mass is 79.9. The van der Waals surface area contributed by atoms with Crippen molar-refractivity contribution < 1.29 is 5.11 Å². The molecule has 1 nitrogen and oxygen atoms in total. The van der Waals surface area contributed by atoms with Crippen LogP contribution in [0.3, 0.4) is 0 Å². The average molecular weight is 339 g/mol. The Bertz CT molecular complexity index is 744. The van der Waals surface area contributed by atoms with Gasteiger partial charge in [-0.25, -0.2) is 0 Å². The fourth-order valence-corrected chi connectivity index (χ4v) is 3.93. The Morgan fingerprint density at radius 2 is 1.62 bits per heavy atom. The smallest absolute Gasteiger partial charge is 0.122 e. The summed E-state index contributed by atoms with van der Waals surface area (Å²) in [5.41, 5.74) is 2.25. The van der Waals surface area contributed by atoms with Crippen LogP contribution in [0.1, 0.15) is 22.6 Å². The summed E-state index contributed by atoms with van der Waals surface area (Å²) in [7, 11) is 0. The van der Waals surface area contributed by atoms with Gasteiger partial charge in [0.25, 0.3) is 0 Å². The van der Waals surface area contributed by atoms with E-state index in [9.17, 15) is 5.11 Å². The fourth-order valence-electron chi connectivity index (χ4n) is 3.67. The van der Waals surface area contributed by atoms with Crippen LogP contribution in [0.15, 0.2) is 77.3 Å². The summed E-state index contributed by atoms with van der Waals surface area (Å²) in [6, 6.07) is 16.2. The first-order valence-corrected chi connectivity index (χ1v) is 7.93. The molecule has 0 bridgehead atoms. The van der Waals surface area contributed by atoms with Gasteiger partial charge in [0.15, 0.2) is 0 Å². The molecule has 4 rings (SSSR count). The van der Waals surface area contributed by atoms with E-state index in [4.69, 9.17) is 0 Å². The van der Waals surface area contributed by atoms with Crippen LogP contribution in [-0.4, -0.2) is 5.11 Å². The minimum atomic E-state index is -0.955. The number of aliphatic hydroxyl groups is 1. The van der Waals surface area contributed by atoms with E-state index in [1.165, 1.54) is 5.56 Å². The molecule has 3 unspecified atom stereocenters. The van der Waals surface area contributed by atoms with E-state index in [0.717, 1.165) is 15.6 Å². The molecule has 0 aromatic heterocycles. The van der Waals surface area contributed by atoms with Crippen LogP contribution in [0.4, 0.5) is 0 Å². The highest BCUT2D eigenvalue weighted by Gasteiger charge is 2.50. The van der Waals surface area contributed by atoms with E-state index in [1.807, 2.05) is 36.4 Å². The molecule has 0 aliphatic heterocycles. The Morgan fingerprint density at radius 3 is 2.43 bits per heavy atom. The zero-order chi connectivity index (χ0) is 14.4. The minimum absolute atomic E-state index is 0.0566. The van der Waals surface area contributed by atoms with Gasteiger partial charge < -0.3 is 5.11 Å². The summed E-state index contributed by atoms with van der Waals surface area (Å²) in [6.07, 6.45) is 8.44. The summed E-state index contributed by atoms with van der Waals surface area (Å²) >= 11 is 3.47. The molecule has 0 amide bonds. The van der Waals surface area contributed by atoms with Crippen molar-refractivity contribution in [2.45, 2.75) is 11.5 Å². The first-order chi connectivity index (χ1) is 10.2. The van der Waals surface area contributed by atoms with E-state index in [1.54, 1.807) is 0 Å². The van der Waals surface area contributed by atoms with Crippen molar-refractivity contribution in [2.24, 2.45) is 5.92 Å². The zero-order valence-electron chi connectivity index (χ0n) is 11.4. The lowest BCUT2D eigenvalue weighted by Gasteiger charge is -2.32. The van der Waals surface area contributed by atoms with E-state index in [0.29, 0.717) is 0 Å². The van der Waals surface area contributed by atoms with Crippen molar-refractivity contribution in [1.82, 2.24) is 0 Å². The molecule has 2 heteroatoms. The molecule has 0 spiro atoms. The molecule has 2 aromatic carbocycles. The zero-order valence-corrected chi connectivity index (χ0v) is 13.0. The minimum Gasteiger partial charge on any atom is -0.380 e. The molecule has 21 heavy (non-hydrogen) atoms. The predicted octanol–water partition coefficient (Wildman–Crippen LogP) is 4.52. The van der Waals surface area contributed by atoms with Crippen LogP contribution in [0.25, 0.3) is 0 Å². The second-order valence-corrected chi connectivity index (χ2v) is 6.60. The summed E-state index contributed by atoms with van der Waals surface area (Å²) in [4.78, 5) is 0. The number of hydrogen-bond donors (Lipinski definition) is 1. The van der Waals surface area contributed by atoms with Crippen molar-refractivity contribution >= 4 is 15.9 Å². The van der Waals surface area contributed by atoms with Gasteiger partial charge in [-0.1, -0.05) is 76.6 Å². The maximum Gasteiger partial charge on any atom is 0.122 e. The molecular formula is C19H15BrO. The molecule has 0 heterocycles. The summed E-state index contributed by atoms with van der Waals surface area (Å²) in [5.74, 6) is 0.306. The molecule has 3 atom stereocenters. The van der Waals surface area contributed by atoms with Gasteiger partial charge in [-0.15, -0.1) is 0 Å². The molecule has 0 fully saturated rings. The lowest BCUT2D eigenvalue weighted by Crippen LogP contribution is -2.33. The SMILES string of the molecule is OC1(c2ccc(Br)cc2)c2ccccc2C2C=CC=CC21. The van der Waals surface area contributed by atoms with Gasteiger partial charge in [0, 0.05) is 16.3 Å². The molecule has 0 radical (unpaired) electrons. The summed E-state index contributed by atoms with van der Waals surface area (Å²) in [6.45, 7) is 0. The van der Waals surface area contributed by atoms with Crippen LogP contribution < -0.4 is 0 Å². The Morgan fingerprint density at radius 1 is 0.905 bits per heavy atom. The van der Waals surface area contributed by atoms with Gasteiger partial charge in [0.2, 0.25) is 0 Å². The molecule has 104 valence electrons. The Hall–Kier alpha value is -1.64. The summed E-state index contributed by atoms with van der Waals surface area (Å²) in [5, 5.41) is 11.6. The highest BCUT2D eigenvalue weighted by Crippen LogP contribution is 2.54. The normalized spacial score (nSPS) is 29.2. The van der Waals surface area contributed by atoms with Crippen LogP contribution in [-0.2, 0) is 5.60 Å². The van der Waals surface area contributed by atoms with Crippen molar-refractivity contribution in [1.29, 1.82) is 0 Å². The number of benzene rings is 2. The molecular weight excluding hydrogens is 324 g/mol. The molecule has 0 saturated heterocycles. The summed E-state index contributed by atoms with van der Waals surface area (Å²) < 4.78 is 1.02. The van der Waals surface area contributed by atoms with Crippen molar-refractivity contribution in [3.05, 3.63) is 94.0 Å². The van der Waals surface area contributed by atoms with Crippen molar-refractivity contribution in [3.8, 4) is 0 Å². The van der Waals surface area contributed by atoms with E-state index >= 15 is 0 Å². The van der Waals surface area contributed by atoms with Crippen LogP contribution in [0.2, 0.25) is 0 Å². The lowest BCUT2D eigenvalue weighted by molar-refractivity contribution is 0.0452. The molecule has 1 N–H and O–H groups in total. The maximum absolute atomic E-state index is 11.6. The number of rotatable bonds is 1. The third-order valence-electron chi connectivity index (χ3n) is 4.63. The Kier molecular flexibility index (Phi) is 2.91. The van der Waals surface area contributed by atoms with E-state index in [-0.39, 0.29) is 11.8 Å². The second kappa shape index (κ2) is 4.69. The standard InChI is InChI=1S/C19H15BrO/c20-14-11-9-13(10-12-14)19(21)17-7-3-1-5-15(17)16-6-2-4-8-18(16)19/h1-12,15,17,21H. The van der Waals surface area contributed by atoms with Gasteiger partial charge in [-0.3, -0.25) is 0 Å². The Labute approximate surface area is 132 Å². The number of halogens is 1. The van der Waals surface area contributed by atoms with Crippen LogP contribution in [0, 0.1) is 5.92 Å². The third kappa shape index (κ3) is 1.79. The van der Waals surface area contributed by atoms with Gasteiger partial charge in [-0.2, -0.15) is 0 Å². The number of allylic oxidation sites excluding steroid dienone is 3. The second-order valence-electron chi connectivity index (χ2n) is 5.68. The van der Waals surface area contributed by atoms with Gasteiger partial charge in [-0.05, 0) is 28.8 Å². The van der Waals surface area contributed by atoms with Crippen LogP contribution >= 0.6 is 15.9 Å². The molecule has 2 aromatic rings. The first kappa shape index (κ1) is 13.1. The number of hydrogen-bond acceptors (Lipinski definition) is 1. The fraction of sp³-hybridized carbons (Fsp3) is 0.158. The van der Waals surface area contributed by atoms with Crippen molar-refractivity contribution in [2.75, 3.05) is 0 Å². The third-order valence-corrected chi connectivity index (χ3v) is 5.16. The van der Waals surface area contributed by atoms with E-state index in [2.05, 4.69) is 52.4 Å². The lowest BCUT2D eigenvalue weighted by atomic mass is 9.77. The van der Waals surface area contributed by atoms with Gasteiger partial charge in [0.1, 0.15) is 5.60 Å². The Balaban J connectivity index is 1.96. The molecule has 2 aliphatic rings. The first-order valence-electron chi connectivity index (χ1n) is 7.14. The highest BCUT2D eigenvalue weighted by molar-refractivity contribution is 9.10. The number of fused-ring (bicyclic) bond motifs is 3. The van der Waals surface area contributed by atoms with Gasteiger partial charge >= 0.3 is 0 Å². The van der Waals surface area contributed by atoms with Crippen molar-refractivity contribution in [3.63, 3.8) is 0 Å². The molecule has 0 saturated carbocycles. The van der Waals surface area contributed by atoms with E-state index < -0.39 is 5.60 Å². The van der Waals surface area contributed by atoms with Crippen LogP contribution in [0.5, 0.6) is 0 Å².